The zero-order chi connectivity index (χ0) is 14.4. The molecular weight excluding hydrogens is 285 g/mol. The highest BCUT2D eigenvalue weighted by atomic mass is 35.5. The normalized spacial score (nSPS) is 16.4. The van der Waals surface area contributed by atoms with Gasteiger partial charge in [-0.05, 0) is 32.9 Å². The van der Waals surface area contributed by atoms with Crippen LogP contribution in [0.5, 0.6) is 0 Å². The molecule has 1 aliphatic heterocycles. The molecule has 0 unspecified atom stereocenters. The molecule has 4 nitrogen and oxygen atoms in total. The van der Waals surface area contributed by atoms with E-state index in [4.69, 9.17) is 28.9 Å². The predicted octanol–water partition coefficient (Wildman–Crippen LogP) is 3.62. The van der Waals surface area contributed by atoms with Crippen molar-refractivity contribution in [2.24, 2.45) is 0 Å². The quantitative estimate of drug-likeness (QED) is 0.806. The van der Waals surface area contributed by atoms with Crippen LogP contribution < -0.4 is 10.6 Å². The Bertz CT molecular complexity index is 502. The van der Waals surface area contributed by atoms with Crippen molar-refractivity contribution in [1.82, 2.24) is 4.90 Å². The van der Waals surface area contributed by atoms with Gasteiger partial charge >= 0.3 is 6.03 Å². The van der Waals surface area contributed by atoms with Crippen LogP contribution in [-0.2, 0) is 0 Å². The number of urea groups is 1. The van der Waals surface area contributed by atoms with E-state index in [1.54, 1.807) is 21.9 Å². The van der Waals surface area contributed by atoms with Crippen LogP contribution in [-0.4, -0.2) is 29.6 Å². The number of nitrogens with zero attached hydrogens (tertiary/aromatic N) is 2. The Labute approximate surface area is 123 Å². The molecule has 1 fully saturated rings. The monoisotopic (exact) mass is 301 g/mol. The number of hydrogen-bond donors (Lipinski definition) is 1. The fourth-order valence-corrected chi connectivity index (χ4v) is 2.92. The van der Waals surface area contributed by atoms with Crippen LogP contribution >= 0.6 is 23.2 Å². The number of rotatable bonds is 1. The summed E-state index contributed by atoms with van der Waals surface area (Å²) in [4.78, 5) is 15.9. The summed E-state index contributed by atoms with van der Waals surface area (Å²) in [7, 11) is 0. The van der Waals surface area contributed by atoms with Gasteiger partial charge < -0.3 is 10.6 Å². The van der Waals surface area contributed by atoms with Crippen molar-refractivity contribution in [3.63, 3.8) is 0 Å². The van der Waals surface area contributed by atoms with Crippen molar-refractivity contribution in [2.45, 2.75) is 26.3 Å². The van der Waals surface area contributed by atoms with E-state index >= 15 is 0 Å². The fourth-order valence-electron chi connectivity index (χ4n) is 2.21. The number of amides is 2. The molecule has 1 aromatic rings. The third kappa shape index (κ3) is 2.60. The Kier molecular flexibility index (Phi) is 3.58. The lowest BCUT2D eigenvalue weighted by Crippen LogP contribution is -2.44. The second-order valence-corrected chi connectivity index (χ2v) is 6.40. The molecule has 104 valence electrons. The molecule has 1 aliphatic rings. The Morgan fingerprint density at radius 2 is 1.68 bits per heavy atom. The average molecular weight is 302 g/mol. The first-order valence-corrected chi connectivity index (χ1v) is 6.81. The lowest BCUT2D eigenvalue weighted by Gasteiger charge is -2.31. The van der Waals surface area contributed by atoms with Crippen molar-refractivity contribution < 1.29 is 4.79 Å². The Morgan fingerprint density at radius 3 is 2.11 bits per heavy atom. The van der Waals surface area contributed by atoms with Crippen LogP contribution in [0, 0.1) is 0 Å². The van der Waals surface area contributed by atoms with Crippen LogP contribution in [0.15, 0.2) is 12.1 Å². The Hall–Kier alpha value is -1.13. The second-order valence-electron chi connectivity index (χ2n) is 5.59. The average Bonchev–Trinajstić information content (AvgIpc) is 2.58. The SMILES string of the molecule is CC(C)(C)N1CCN(c2c(Cl)cc(N)cc2Cl)C1=O. The summed E-state index contributed by atoms with van der Waals surface area (Å²) in [6.07, 6.45) is 0. The summed E-state index contributed by atoms with van der Waals surface area (Å²) >= 11 is 12.3. The molecule has 0 atom stereocenters. The summed E-state index contributed by atoms with van der Waals surface area (Å²) in [5.41, 5.74) is 6.47. The highest BCUT2D eigenvalue weighted by molar-refractivity contribution is 6.40. The van der Waals surface area contributed by atoms with Gasteiger partial charge in [0.2, 0.25) is 0 Å². The molecule has 2 rings (SSSR count). The maximum atomic E-state index is 12.4. The van der Waals surface area contributed by atoms with E-state index in [1.807, 2.05) is 20.8 Å². The minimum atomic E-state index is -0.224. The molecule has 0 aliphatic carbocycles. The van der Waals surface area contributed by atoms with E-state index in [-0.39, 0.29) is 11.6 Å². The number of carbonyl (C=O) groups excluding carboxylic acids is 1. The van der Waals surface area contributed by atoms with E-state index < -0.39 is 0 Å². The summed E-state index contributed by atoms with van der Waals surface area (Å²) in [5, 5.41) is 0.795. The molecule has 1 heterocycles. The second kappa shape index (κ2) is 4.76. The number of hydrogen-bond acceptors (Lipinski definition) is 2. The highest BCUT2D eigenvalue weighted by Gasteiger charge is 2.37. The summed E-state index contributed by atoms with van der Waals surface area (Å²) in [6, 6.07) is 3.13. The molecule has 2 N–H and O–H groups in total. The smallest absolute Gasteiger partial charge is 0.325 e. The number of anilines is 2. The molecule has 1 saturated heterocycles. The van der Waals surface area contributed by atoms with E-state index in [2.05, 4.69) is 0 Å². The maximum absolute atomic E-state index is 12.4. The Morgan fingerprint density at radius 1 is 1.16 bits per heavy atom. The van der Waals surface area contributed by atoms with Gasteiger partial charge in [-0.1, -0.05) is 23.2 Å². The lowest BCUT2D eigenvalue weighted by atomic mass is 10.1. The zero-order valence-electron chi connectivity index (χ0n) is 11.2. The third-order valence-electron chi connectivity index (χ3n) is 3.13. The number of carbonyl (C=O) groups is 1. The minimum absolute atomic E-state index is 0.0823. The molecular formula is C13H17Cl2N3O. The molecule has 0 bridgehead atoms. The van der Waals surface area contributed by atoms with Gasteiger partial charge in [0.1, 0.15) is 0 Å². The first-order chi connectivity index (χ1) is 8.71. The van der Waals surface area contributed by atoms with Crippen molar-refractivity contribution in [3.8, 4) is 0 Å². The zero-order valence-corrected chi connectivity index (χ0v) is 12.7. The first-order valence-electron chi connectivity index (χ1n) is 6.05. The van der Waals surface area contributed by atoms with Crippen LogP contribution in [0.25, 0.3) is 0 Å². The van der Waals surface area contributed by atoms with Crippen molar-refractivity contribution in [2.75, 3.05) is 23.7 Å². The van der Waals surface area contributed by atoms with Gasteiger partial charge in [0.25, 0.3) is 0 Å². The van der Waals surface area contributed by atoms with Crippen LogP contribution in [0.3, 0.4) is 0 Å². The number of benzene rings is 1. The predicted molar refractivity (Wildman–Crippen MR) is 80.1 cm³/mol. The van der Waals surface area contributed by atoms with Crippen molar-refractivity contribution in [1.29, 1.82) is 0 Å². The summed E-state index contributed by atoms with van der Waals surface area (Å²) in [6.45, 7) is 7.22. The van der Waals surface area contributed by atoms with Gasteiger partial charge in [-0.2, -0.15) is 0 Å². The van der Waals surface area contributed by atoms with E-state index in [0.717, 1.165) is 0 Å². The number of nitrogen functional groups attached to an aromatic ring is 1. The van der Waals surface area contributed by atoms with Gasteiger partial charge in [-0.3, -0.25) is 4.90 Å². The Balaban J connectivity index is 2.38. The molecule has 0 radical (unpaired) electrons. The largest absolute Gasteiger partial charge is 0.399 e. The number of nitrogens with two attached hydrogens (primary N) is 1. The lowest BCUT2D eigenvalue weighted by molar-refractivity contribution is 0.173. The maximum Gasteiger partial charge on any atom is 0.325 e. The summed E-state index contributed by atoms with van der Waals surface area (Å²) in [5.74, 6) is 0. The van der Waals surface area contributed by atoms with Crippen LogP contribution in [0.2, 0.25) is 10.0 Å². The molecule has 0 spiro atoms. The summed E-state index contributed by atoms with van der Waals surface area (Å²) < 4.78 is 0. The van der Waals surface area contributed by atoms with E-state index in [1.165, 1.54) is 0 Å². The van der Waals surface area contributed by atoms with E-state index in [9.17, 15) is 4.79 Å². The molecule has 1 aromatic carbocycles. The fraction of sp³-hybridized carbons (Fsp3) is 0.462. The molecule has 6 heteroatoms. The van der Waals surface area contributed by atoms with Crippen molar-refractivity contribution >= 4 is 40.6 Å². The van der Waals surface area contributed by atoms with Crippen LogP contribution in [0.1, 0.15) is 20.8 Å². The topological polar surface area (TPSA) is 49.6 Å². The van der Waals surface area contributed by atoms with Crippen LogP contribution in [0.4, 0.5) is 16.2 Å². The van der Waals surface area contributed by atoms with Crippen molar-refractivity contribution in [3.05, 3.63) is 22.2 Å². The molecule has 19 heavy (non-hydrogen) atoms. The van der Waals surface area contributed by atoms with Gasteiger partial charge in [-0.25, -0.2) is 4.79 Å². The minimum Gasteiger partial charge on any atom is -0.399 e. The van der Waals surface area contributed by atoms with Gasteiger partial charge in [-0.15, -0.1) is 0 Å². The first kappa shape index (κ1) is 14.3. The molecule has 2 amide bonds. The third-order valence-corrected chi connectivity index (χ3v) is 3.70. The standard InChI is InChI=1S/C13H17Cl2N3O/c1-13(2,3)18-5-4-17(12(18)19)11-9(14)6-8(16)7-10(11)15/h6-7H,4-5,16H2,1-3H3. The highest BCUT2D eigenvalue weighted by Crippen LogP contribution is 2.38. The van der Waals surface area contributed by atoms with Gasteiger partial charge in [0, 0.05) is 24.3 Å². The van der Waals surface area contributed by atoms with E-state index in [0.29, 0.717) is 34.5 Å². The van der Waals surface area contributed by atoms with Gasteiger partial charge in [0.15, 0.2) is 0 Å². The molecule has 0 saturated carbocycles. The van der Waals surface area contributed by atoms with Gasteiger partial charge in [0.05, 0.1) is 15.7 Å². The number of halogens is 2. The molecule has 0 aromatic heterocycles.